The Labute approximate surface area is 76.7 Å². The molecule has 0 atom stereocenters. The summed E-state index contributed by atoms with van der Waals surface area (Å²) in [5.74, 6) is 0. The molecule has 2 nitrogen and oxygen atoms in total. The molecule has 0 spiro atoms. The molecule has 0 saturated carbocycles. The number of halogens is 2. The summed E-state index contributed by atoms with van der Waals surface area (Å²) < 4.78 is 0. The Kier molecular flexibility index (Phi) is 6.52. The first kappa shape index (κ1) is 13.3. The second kappa shape index (κ2) is 5.38. The van der Waals surface area contributed by atoms with Gasteiger partial charge in [-0.05, 0) is 30.7 Å². The van der Waals surface area contributed by atoms with Crippen LogP contribution >= 0.6 is 23.2 Å². The molecule has 0 bridgehead atoms. The lowest BCUT2D eigenvalue weighted by Crippen LogP contribution is -1.72. The number of rotatable bonds is 0. The summed E-state index contributed by atoms with van der Waals surface area (Å²) in [6.07, 6.45) is 0. The summed E-state index contributed by atoms with van der Waals surface area (Å²) >= 11 is 11.4. The van der Waals surface area contributed by atoms with Gasteiger partial charge in [0.1, 0.15) is 0 Å². The topological polar surface area (TPSA) is 70.0 Å². The Morgan fingerprint density at radius 3 is 2.00 bits per heavy atom. The molecule has 0 aromatic heterocycles. The summed E-state index contributed by atoms with van der Waals surface area (Å²) in [5.41, 5.74) is 1.02. The molecule has 4 heteroatoms. The zero-order valence-corrected chi connectivity index (χ0v) is 7.91. The number of aryl methyl sites for hydroxylation is 1. The highest BCUT2D eigenvalue weighted by Gasteiger charge is 1.92. The molecule has 0 aliphatic carbocycles. The Hall–Kier alpha value is -0.280. The molecular formula is C7H12Cl2N2. The fourth-order valence-electron chi connectivity index (χ4n) is 0.608. The van der Waals surface area contributed by atoms with Crippen LogP contribution < -0.4 is 12.3 Å². The molecule has 0 unspecified atom stereocenters. The Morgan fingerprint density at radius 2 is 1.64 bits per heavy atom. The highest BCUT2D eigenvalue weighted by Crippen LogP contribution is 2.18. The summed E-state index contributed by atoms with van der Waals surface area (Å²) in [5, 5.41) is 1.50. The second-order valence-electron chi connectivity index (χ2n) is 1.89. The van der Waals surface area contributed by atoms with Gasteiger partial charge < -0.3 is 12.3 Å². The minimum absolute atomic E-state index is 0. The zero-order valence-electron chi connectivity index (χ0n) is 6.40. The van der Waals surface area contributed by atoms with Gasteiger partial charge in [-0.3, -0.25) is 0 Å². The smallest absolute Gasteiger partial charge is 0.0436 e. The summed E-state index contributed by atoms with van der Waals surface area (Å²) in [6, 6.07) is 5.40. The molecular weight excluding hydrogens is 183 g/mol. The minimum atomic E-state index is 0. The van der Waals surface area contributed by atoms with E-state index in [4.69, 9.17) is 23.2 Å². The molecule has 64 valence electrons. The van der Waals surface area contributed by atoms with E-state index >= 15 is 0 Å². The third-order valence-electron chi connectivity index (χ3n) is 1.12. The molecule has 0 aliphatic rings. The van der Waals surface area contributed by atoms with Crippen LogP contribution in [0.25, 0.3) is 0 Å². The lowest BCUT2D eigenvalue weighted by atomic mass is 10.2. The zero-order chi connectivity index (χ0) is 6.85. The lowest BCUT2D eigenvalue weighted by Gasteiger charge is -1.94. The van der Waals surface area contributed by atoms with Gasteiger partial charge in [0.2, 0.25) is 0 Å². The standard InChI is InChI=1S/C7H6Cl2.2H3N/c1-5-4-6(8)2-3-7(5)9;;/h2-4H,1H3;2*1H3. The van der Waals surface area contributed by atoms with Crippen molar-refractivity contribution in [1.82, 2.24) is 12.3 Å². The maximum Gasteiger partial charge on any atom is 0.0436 e. The van der Waals surface area contributed by atoms with E-state index in [1.807, 2.05) is 13.0 Å². The first-order valence-electron chi connectivity index (χ1n) is 2.62. The van der Waals surface area contributed by atoms with Gasteiger partial charge in [-0.1, -0.05) is 23.2 Å². The van der Waals surface area contributed by atoms with E-state index in [9.17, 15) is 0 Å². The first-order chi connectivity index (χ1) is 4.20. The third-order valence-corrected chi connectivity index (χ3v) is 1.78. The van der Waals surface area contributed by atoms with Crippen molar-refractivity contribution < 1.29 is 0 Å². The predicted octanol–water partition coefficient (Wildman–Crippen LogP) is 3.63. The van der Waals surface area contributed by atoms with E-state index in [2.05, 4.69) is 0 Å². The quantitative estimate of drug-likeness (QED) is 0.663. The maximum atomic E-state index is 5.72. The van der Waals surface area contributed by atoms with Crippen LogP contribution in [0.2, 0.25) is 10.0 Å². The van der Waals surface area contributed by atoms with Crippen LogP contribution in [0.5, 0.6) is 0 Å². The molecule has 0 aliphatic heterocycles. The Balaban J connectivity index is 0. The van der Waals surface area contributed by atoms with E-state index in [-0.39, 0.29) is 12.3 Å². The second-order valence-corrected chi connectivity index (χ2v) is 2.74. The Bertz CT molecular complexity index is 226. The predicted molar refractivity (Wildman–Crippen MR) is 51.2 cm³/mol. The van der Waals surface area contributed by atoms with Gasteiger partial charge in [0, 0.05) is 10.0 Å². The number of benzene rings is 1. The van der Waals surface area contributed by atoms with Crippen molar-refractivity contribution in [2.24, 2.45) is 0 Å². The largest absolute Gasteiger partial charge is 0.344 e. The minimum Gasteiger partial charge on any atom is -0.344 e. The SMILES string of the molecule is Cc1cc(Cl)ccc1Cl.N.N. The molecule has 1 rings (SSSR count). The summed E-state index contributed by atoms with van der Waals surface area (Å²) in [4.78, 5) is 0. The summed E-state index contributed by atoms with van der Waals surface area (Å²) in [7, 11) is 0. The van der Waals surface area contributed by atoms with Crippen molar-refractivity contribution in [3.63, 3.8) is 0 Å². The van der Waals surface area contributed by atoms with Gasteiger partial charge in [-0.15, -0.1) is 0 Å². The van der Waals surface area contributed by atoms with Crippen molar-refractivity contribution in [1.29, 1.82) is 0 Å². The maximum absolute atomic E-state index is 5.72. The van der Waals surface area contributed by atoms with Crippen LogP contribution in [0.1, 0.15) is 5.56 Å². The normalized spacial score (nSPS) is 7.91. The molecule has 11 heavy (non-hydrogen) atoms. The average Bonchev–Trinajstić information content (AvgIpc) is 1.80. The van der Waals surface area contributed by atoms with Crippen molar-refractivity contribution in [3.8, 4) is 0 Å². The van der Waals surface area contributed by atoms with Gasteiger partial charge in [-0.2, -0.15) is 0 Å². The first-order valence-corrected chi connectivity index (χ1v) is 3.37. The Morgan fingerprint density at radius 1 is 1.09 bits per heavy atom. The molecule has 0 radical (unpaired) electrons. The van der Waals surface area contributed by atoms with Gasteiger partial charge in [0.25, 0.3) is 0 Å². The van der Waals surface area contributed by atoms with Crippen molar-refractivity contribution in [2.45, 2.75) is 6.92 Å². The molecule has 0 fully saturated rings. The van der Waals surface area contributed by atoms with E-state index in [1.54, 1.807) is 12.1 Å². The average molecular weight is 195 g/mol. The van der Waals surface area contributed by atoms with E-state index in [0.29, 0.717) is 0 Å². The number of hydrogen-bond donors (Lipinski definition) is 2. The third kappa shape index (κ3) is 3.58. The fourth-order valence-corrected chi connectivity index (χ4v) is 0.952. The molecule has 1 aromatic rings. The van der Waals surface area contributed by atoms with Crippen LogP contribution in [0.3, 0.4) is 0 Å². The number of hydrogen-bond acceptors (Lipinski definition) is 2. The van der Waals surface area contributed by atoms with Gasteiger partial charge in [0.15, 0.2) is 0 Å². The summed E-state index contributed by atoms with van der Waals surface area (Å²) in [6.45, 7) is 1.92. The van der Waals surface area contributed by atoms with Gasteiger partial charge >= 0.3 is 0 Å². The lowest BCUT2D eigenvalue weighted by molar-refractivity contribution is 1.47. The van der Waals surface area contributed by atoms with E-state index in [1.165, 1.54) is 0 Å². The van der Waals surface area contributed by atoms with E-state index in [0.717, 1.165) is 15.6 Å². The highest BCUT2D eigenvalue weighted by atomic mass is 35.5. The van der Waals surface area contributed by atoms with Crippen LogP contribution in [0.15, 0.2) is 18.2 Å². The molecule has 0 amide bonds. The molecule has 0 heterocycles. The monoisotopic (exact) mass is 194 g/mol. The van der Waals surface area contributed by atoms with Gasteiger partial charge in [-0.25, -0.2) is 0 Å². The van der Waals surface area contributed by atoms with Crippen molar-refractivity contribution in [2.75, 3.05) is 0 Å². The van der Waals surface area contributed by atoms with Crippen LogP contribution in [-0.2, 0) is 0 Å². The van der Waals surface area contributed by atoms with Crippen LogP contribution in [-0.4, -0.2) is 0 Å². The van der Waals surface area contributed by atoms with Crippen molar-refractivity contribution >= 4 is 23.2 Å². The molecule has 6 N–H and O–H groups in total. The van der Waals surface area contributed by atoms with E-state index < -0.39 is 0 Å². The molecule has 1 aromatic carbocycles. The van der Waals surface area contributed by atoms with Crippen molar-refractivity contribution in [3.05, 3.63) is 33.8 Å². The molecule has 0 saturated heterocycles. The highest BCUT2D eigenvalue weighted by molar-refractivity contribution is 6.33. The fraction of sp³-hybridized carbons (Fsp3) is 0.143. The van der Waals surface area contributed by atoms with Crippen LogP contribution in [0, 0.1) is 6.92 Å². The van der Waals surface area contributed by atoms with Gasteiger partial charge in [0.05, 0.1) is 0 Å². The van der Waals surface area contributed by atoms with Crippen LogP contribution in [0.4, 0.5) is 0 Å².